The molecule has 0 saturated carbocycles. The first-order chi connectivity index (χ1) is 53.1. The highest BCUT2D eigenvalue weighted by Gasteiger charge is 2.40. The van der Waals surface area contributed by atoms with Crippen LogP contribution in [0.15, 0.2) is 376 Å². The fourth-order valence-corrected chi connectivity index (χ4v) is 24.7. The molecule has 0 saturated heterocycles. The maximum Gasteiger partial charge on any atom is 0.113 e. The van der Waals surface area contributed by atoms with Gasteiger partial charge in [0.25, 0.3) is 0 Å². The van der Waals surface area contributed by atoms with E-state index in [1.807, 2.05) is 0 Å². The zero-order chi connectivity index (χ0) is 71.9. The van der Waals surface area contributed by atoms with Gasteiger partial charge in [0, 0.05) is 45.7 Å². The van der Waals surface area contributed by atoms with Crippen molar-refractivity contribution in [3.63, 3.8) is 0 Å². The number of nitrogens with zero attached hydrogens (tertiary/aromatic N) is 2. The number of aromatic nitrogens is 2. The Hall–Kier alpha value is -13.0. The van der Waals surface area contributed by atoms with Crippen LogP contribution < -0.4 is 20.7 Å². The van der Waals surface area contributed by atoms with Gasteiger partial charge in [-0.3, -0.25) is 0 Å². The fraction of sp³-hybridized carbons (Fsp3) is 0.0385. The van der Waals surface area contributed by atoms with Crippen LogP contribution in [-0.4, -0.2) is 25.3 Å². The largest absolute Gasteiger partial charge is 0.316 e. The van der Waals surface area contributed by atoms with Crippen LogP contribution in [-0.2, 0) is 0 Å². The molecule has 0 atom stereocenters. The number of hydrogen-bond donors (Lipinski definition) is 0. The summed E-state index contributed by atoms with van der Waals surface area (Å²) in [5.41, 5.74) is 25.6. The molecular formula is C104H74N2Si2. The lowest BCUT2D eigenvalue weighted by molar-refractivity contribution is 1.13. The van der Waals surface area contributed by atoms with E-state index in [0.29, 0.717) is 0 Å². The number of hydrogen-bond acceptors (Lipinski definition) is 0. The van der Waals surface area contributed by atoms with Crippen molar-refractivity contribution >= 4 is 123 Å². The van der Waals surface area contributed by atoms with Crippen molar-refractivity contribution in [2.24, 2.45) is 0 Å². The molecular weight excluding hydrogens is 1330 g/mol. The van der Waals surface area contributed by atoms with Crippen LogP contribution in [0.5, 0.6) is 0 Å². The lowest BCUT2D eigenvalue weighted by Crippen LogP contribution is -2.49. The van der Waals surface area contributed by atoms with E-state index in [0.717, 1.165) is 0 Å². The van der Waals surface area contributed by atoms with Crippen LogP contribution >= 0.6 is 0 Å². The summed E-state index contributed by atoms with van der Waals surface area (Å²) in [6, 6.07) is 135. The van der Waals surface area contributed by atoms with Gasteiger partial charge in [-0.05, 0) is 224 Å². The third-order valence-corrected chi connectivity index (χ3v) is 31.1. The summed E-state index contributed by atoms with van der Waals surface area (Å²) in [6.07, 6.45) is 4.79. The van der Waals surface area contributed by atoms with E-state index in [1.165, 1.54) is 208 Å². The van der Waals surface area contributed by atoms with Crippen LogP contribution in [0.4, 0.5) is 0 Å². The molecule has 2 aliphatic heterocycles. The molecule has 18 aromatic carbocycles. The van der Waals surface area contributed by atoms with Crippen molar-refractivity contribution < 1.29 is 0 Å². The number of benzene rings is 18. The minimum Gasteiger partial charge on any atom is -0.316 e. The second kappa shape index (κ2) is 24.8. The molecule has 4 heterocycles. The van der Waals surface area contributed by atoms with Gasteiger partial charge in [-0.1, -0.05) is 330 Å². The normalized spacial score (nSPS) is 13.1. The molecule has 2 aromatic heterocycles. The summed E-state index contributed by atoms with van der Waals surface area (Å²) in [6.45, 7) is 10.1. The molecule has 508 valence electrons. The predicted molar refractivity (Wildman–Crippen MR) is 469 cm³/mol. The van der Waals surface area contributed by atoms with E-state index in [9.17, 15) is 0 Å². The zero-order valence-corrected chi connectivity index (χ0v) is 62.7. The van der Waals surface area contributed by atoms with E-state index in [4.69, 9.17) is 0 Å². The van der Waals surface area contributed by atoms with Crippen LogP contribution in [0.2, 0.25) is 26.2 Å². The first-order valence-electron chi connectivity index (χ1n) is 37.8. The van der Waals surface area contributed by atoms with Gasteiger partial charge in [-0.2, -0.15) is 0 Å². The van der Waals surface area contributed by atoms with E-state index >= 15 is 0 Å². The Bertz CT molecular complexity index is 7100. The van der Waals surface area contributed by atoms with Gasteiger partial charge in [-0.15, -0.1) is 0 Å². The smallest absolute Gasteiger partial charge is 0.113 e. The van der Waals surface area contributed by atoms with Gasteiger partial charge in [0.2, 0.25) is 0 Å². The Morgan fingerprint density at radius 3 is 1.01 bits per heavy atom. The van der Waals surface area contributed by atoms with Gasteiger partial charge in [0.05, 0.1) is 11.0 Å². The number of fused-ring (bicyclic) bond motifs is 16. The van der Waals surface area contributed by atoms with Crippen molar-refractivity contribution in [1.82, 2.24) is 9.13 Å². The molecule has 0 N–H and O–H groups in total. The Kier molecular flexibility index (Phi) is 14.6. The fourth-order valence-electron chi connectivity index (χ4n) is 18.5. The average Bonchev–Trinajstić information content (AvgIpc) is 1.56. The van der Waals surface area contributed by atoms with E-state index < -0.39 is 16.1 Å². The molecule has 4 heteroatoms. The molecule has 2 aliphatic rings. The van der Waals surface area contributed by atoms with Crippen molar-refractivity contribution in [3.8, 4) is 100 Å². The van der Waals surface area contributed by atoms with Crippen LogP contribution in [0.3, 0.4) is 0 Å². The molecule has 0 unspecified atom stereocenters. The van der Waals surface area contributed by atoms with Gasteiger partial charge >= 0.3 is 0 Å². The summed E-state index contributed by atoms with van der Waals surface area (Å²) in [5.74, 6) is 0. The van der Waals surface area contributed by atoms with Crippen LogP contribution in [0.1, 0.15) is 0 Å². The SMILES string of the molecule is C[Si]1(C)c2cc(-c3ccccc3)ccc2-c2ccc(-n3cc(-c4cc5ccccc5c5ccccc45)c4cc(-c5cc6ccccc6c6ccccc56)ccc43)cc21.C[Si]1(C)c2cc(-c3ccccc3)ccc2-c2ccc(-n3cc(-c4cccc5ccccc45)c4cc(-c5cccc6ccccc56)ccc43)cc21. The summed E-state index contributed by atoms with van der Waals surface area (Å²) in [5, 5.41) is 23.9. The van der Waals surface area contributed by atoms with Gasteiger partial charge < -0.3 is 9.13 Å². The van der Waals surface area contributed by atoms with Crippen molar-refractivity contribution in [3.05, 3.63) is 376 Å². The van der Waals surface area contributed by atoms with E-state index in [2.05, 4.69) is 412 Å². The molecule has 0 aliphatic carbocycles. The summed E-state index contributed by atoms with van der Waals surface area (Å²) < 4.78 is 4.89. The lowest BCUT2D eigenvalue weighted by Gasteiger charge is -2.20. The summed E-state index contributed by atoms with van der Waals surface area (Å²) in [4.78, 5) is 0. The van der Waals surface area contributed by atoms with E-state index in [-0.39, 0.29) is 0 Å². The van der Waals surface area contributed by atoms with Crippen LogP contribution in [0.25, 0.3) is 187 Å². The first kappa shape index (κ1) is 63.5. The molecule has 0 bridgehead atoms. The zero-order valence-electron chi connectivity index (χ0n) is 60.7. The second-order valence-corrected chi connectivity index (χ2v) is 39.3. The highest BCUT2D eigenvalue weighted by molar-refractivity contribution is 7.04. The Balaban J connectivity index is 0.000000139. The van der Waals surface area contributed by atoms with Crippen LogP contribution in [0, 0.1) is 0 Å². The molecule has 0 spiro atoms. The van der Waals surface area contributed by atoms with Gasteiger partial charge in [0.15, 0.2) is 0 Å². The Labute approximate surface area is 631 Å². The lowest BCUT2D eigenvalue weighted by atomic mass is 9.91. The Morgan fingerprint density at radius 1 is 0.176 bits per heavy atom. The monoisotopic (exact) mass is 1410 g/mol. The van der Waals surface area contributed by atoms with Crippen molar-refractivity contribution in [1.29, 1.82) is 0 Å². The summed E-state index contributed by atoms with van der Waals surface area (Å²) >= 11 is 0. The maximum atomic E-state index is 2.52. The quantitative estimate of drug-likeness (QED) is 0.106. The van der Waals surface area contributed by atoms with Crippen molar-refractivity contribution in [2.75, 3.05) is 0 Å². The Morgan fingerprint density at radius 2 is 0.519 bits per heavy atom. The first-order valence-corrected chi connectivity index (χ1v) is 43.8. The molecule has 108 heavy (non-hydrogen) atoms. The predicted octanol–water partition coefficient (Wildman–Crippen LogP) is 25.8. The summed E-state index contributed by atoms with van der Waals surface area (Å²) in [7, 11) is -3.98. The standard InChI is InChI=1S/C56H39NSi.C48H35NSi/c1-58(2)55-33-37(36-14-4-3-5-15-36)24-27-48(55)49-28-26-41(34-56(49)58)57-35-53(51-31-39-17-7-9-19-43(39)45-21-11-13-23-47(45)51)52-32-40(25-29-54(52)57)50-30-38-16-6-8-18-42(38)44-20-10-12-22-46(44)50;1-50(2)47-29-35(32-12-4-3-5-13-32)22-25-42(47)43-26-24-37(30-48(43)50)49-31-45(41-21-11-17-34-15-7-9-19-39(34)41)44-28-36(23-27-46(44)49)40-20-10-16-33-14-6-8-18-38(33)40/h3-35H,1-2H3;3-31H,1-2H3. The maximum absolute atomic E-state index is 2.52. The van der Waals surface area contributed by atoms with Gasteiger partial charge in [0.1, 0.15) is 16.1 Å². The highest BCUT2D eigenvalue weighted by atomic mass is 28.3. The number of rotatable bonds is 8. The molecule has 0 radical (unpaired) electrons. The minimum atomic E-state index is -2.02. The minimum absolute atomic E-state index is 1.21. The third kappa shape index (κ3) is 10.1. The second-order valence-electron chi connectivity index (χ2n) is 30.7. The molecule has 0 amide bonds. The average molecular weight is 1410 g/mol. The molecule has 20 aromatic rings. The highest BCUT2D eigenvalue weighted by Crippen LogP contribution is 2.46. The topological polar surface area (TPSA) is 9.86 Å². The van der Waals surface area contributed by atoms with Crippen molar-refractivity contribution in [2.45, 2.75) is 26.2 Å². The van der Waals surface area contributed by atoms with Gasteiger partial charge in [-0.25, -0.2) is 0 Å². The molecule has 22 rings (SSSR count). The molecule has 0 fully saturated rings. The third-order valence-electron chi connectivity index (χ3n) is 24.0. The van der Waals surface area contributed by atoms with E-state index in [1.54, 1.807) is 0 Å². The molecule has 2 nitrogen and oxygen atoms in total.